The van der Waals surface area contributed by atoms with Gasteiger partial charge in [0.1, 0.15) is 6.61 Å². The zero-order chi connectivity index (χ0) is 36.1. The third-order valence-corrected chi connectivity index (χ3v) is 13.0. The lowest BCUT2D eigenvalue weighted by atomic mass is 9.47. The number of carbonyl (C=O) groups is 3. The summed E-state index contributed by atoms with van der Waals surface area (Å²) in [7, 11) is 0. The van der Waals surface area contributed by atoms with Gasteiger partial charge in [0.2, 0.25) is 23.4 Å². The number of alkyl carbamates (subject to hydrolysis) is 1. The van der Waals surface area contributed by atoms with Crippen molar-refractivity contribution in [3.05, 3.63) is 59.7 Å². The Morgan fingerprint density at radius 2 is 1.56 bits per heavy atom. The number of nitrogens with one attached hydrogen (secondary N) is 3. The molecule has 2 aromatic carbocycles. The molecule has 2 unspecified atom stereocenters. The minimum Gasteiger partial charge on any atom is -0.449 e. The summed E-state index contributed by atoms with van der Waals surface area (Å²) >= 11 is 0. The van der Waals surface area contributed by atoms with E-state index in [1.54, 1.807) is 0 Å². The van der Waals surface area contributed by atoms with Gasteiger partial charge in [-0.05, 0) is 106 Å². The van der Waals surface area contributed by atoms with Gasteiger partial charge in [0.15, 0.2) is 0 Å². The van der Waals surface area contributed by atoms with E-state index in [1.807, 2.05) is 38.1 Å². The van der Waals surface area contributed by atoms with Crippen molar-refractivity contribution in [2.45, 2.75) is 108 Å². The Balaban J connectivity index is 0.784. The molecule has 7 aliphatic rings. The van der Waals surface area contributed by atoms with Gasteiger partial charge in [-0.1, -0.05) is 48.5 Å². The van der Waals surface area contributed by atoms with E-state index in [-0.39, 0.29) is 54.1 Å². The van der Waals surface area contributed by atoms with Gasteiger partial charge in [-0.2, -0.15) is 9.78 Å². The highest BCUT2D eigenvalue weighted by atomic mass is 17.3. The Labute approximate surface area is 306 Å². The maximum Gasteiger partial charge on any atom is 0.407 e. The Bertz CT molecular complexity index is 1620. The molecular weight excluding hydrogens is 660 g/mol. The van der Waals surface area contributed by atoms with Crippen LogP contribution in [0.25, 0.3) is 11.1 Å². The van der Waals surface area contributed by atoms with Crippen LogP contribution in [0, 0.1) is 29.1 Å². The molecule has 2 atom stereocenters. The van der Waals surface area contributed by atoms with E-state index in [4.69, 9.17) is 25.0 Å². The van der Waals surface area contributed by atoms with Gasteiger partial charge in [-0.15, -0.1) is 0 Å². The summed E-state index contributed by atoms with van der Waals surface area (Å²) in [6.07, 6.45) is 8.07. The van der Waals surface area contributed by atoms with Crippen molar-refractivity contribution in [2.75, 3.05) is 26.2 Å². The van der Waals surface area contributed by atoms with Crippen LogP contribution in [0.15, 0.2) is 48.5 Å². The summed E-state index contributed by atoms with van der Waals surface area (Å²) in [6, 6.07) is 16.5. The van der Waals surface area contributed by atoms with Crippen molar-refractivity contribution in [2.24, 2.45) is 34.8 Å². The topological polar surface area (TPSA) is 150 Å². The van der Waals surface area contributed by atoms with E-state index in [9.17, 15) is 14.4 Å². The SMILES string of the molecule is CC(C)(CNC(=O)CC1CCC2(CC1)OOC1(O2)C2CC3CC1CC(C(=O)NCCCN)(C3)C2)NC(=O)OCC1c2ccccc2-c2ccccc21. The predicted molar refractivity (Wildman–Crippen MR) is 193 cm³/mol. The van der Waals surface area contributed by atoms with Crippen LogP contribution >= 0.6 is 0 Å². The maximum absolute atomic E-state index is 13.4. The highest BCUT2D eigenvalue weighted by Crippen LogP contribution is 2.67. The van der Waals surface area contributed by atoms with Gasteiger partial charge in [0.05, 0.1) is 11.0 Å². The summed E-state index contributed by atoms with van der Waals surface area (Å²) < 4.78 is 12.6. The molecule has 6 aliphatic carbocycles. The van der Waals surface area contributed by atoms with Gasteiger partial charge in [-0.25, -0.2) is 4.79 Å². The minimum absolute atomic E-state index is 0.0162. The first kappa shape index (κ1) is 35.5. The molecule has 3 amide bonds. The normalized spacial score (nSPS) is 32.8. The number of carbonyl (C=O) groups excluding carboxylic acids is 3. The van der Waals surface area contributed by atoms with E-state index in [0.717, 1.165) is 62.5 Å². The van der Waals surface area contributed by atoms with Crippen molar-refractivity contribution < 1.29 is 33.6 Å². The number of ether oxygens (including phenoxy) is 2. The van der Waals surface area contributed by atoms with Crippen LogP contribution in [0.3, 0.4) is 0 Å². The molecule has 4 bridgehead atoms. The molecule has 5 saturated carbocycles. The molecule has 52 heavy (non-hydrogen) atoms. The van der Waals surface area contributed by atoms with Gasteiger partial charge in [0, 0.05) is 50.1 Å². The lowest BCUT2D eigenvalue weighted by molar-refractivity contribution is -0.393. The van der Waals surface area contributed by atoms with Crippen LogP contribution in [0.4, 0.5) is 4.79 Å². The van der Waals surface area contributed by atoms with Gasteiger partial charge in [-0.3, -0.25) is 9.59 Å². The number of hydrogen-bond donors (Lipinski definition) is 4. The molecule has 280 valence electrons. The highest BCUT2D eigenvalue weighted by molar-refractivity contribution is 5.83. The number of benzene rings is 2. The number of nitrogens with two attached hydrogens (primary N) is 1. The summed E-state index contributed by atoms with van der Waals surface area (Å²) in [5.74, 6) is -0.495. The lowest BCUT2D eigenvalue weighted by Crippen LogP contribution is -2.65. The Hall–Kier alpha value is -3.51. The average molecular weight is 715 g/mol. The largest absolute Gasteiger partial charge is 0.449 e. The second-order valence-electron chi connectivity index (χ2n) is 17.2. The molecule has 11 nitrogen and oxygen atoms in total. The first-order chi connectivity index (χ1) is 25.0. The Morgan fingerprint density at radius 1 is 0.904 bits per heavy atom. The fourth-order valence-corrected chi connectivity index (χ4v) is 10.6. The van der Waals surface area contributed by atoms with Crippen LogP contribution < -0.4 is 21.7 Å². The fraction of sp³-hybridized carbons (Fsp3) is 0.634. The second-order valence-corrected chi connectivity index (χ2v) is 17.2. The third-order valence-electron chi connectivity index (χ3n) is 13.0. The smallest absolute Gasteiger partial charge is 0.407 e. The summed E-state index contributed by atoms with van der Waals surface area (Å²) in [4.78, 5) is 51.7. The van der Waals surface area contributed by atoms with Crippen LogP contribution in [0.5, 0.6) is 0 Å². The average Bonchev–Trinajstić information content (AvgIpc) is 3.66. The summed E-state index contributed by atoms with van der Waals surface area (Å²) in [5, 5.41) is 9.13. The van der Waals surface area contributed by atoms with E-state index < -0.39 is 23.2 Å². The Kier molecular flexibility index (Phi) is 9.37. The Morgan fingerprint density at radius 3 is 2.21 bits per heavy atom. The molecule has 11 heteroatoms. The molecule has 9 rings (SSSR count). The molecule has 1 heterocycles. The number of fused-ring (bicyclic) bond motifs is 3. The van der Waals surface area contributed by atoms with E-state index in [1.165, 1.54) is 11.1 Å². The minimum atomic E-state index is -0.798. The lowest BCUT2D eigenvalue weighted by Gasteiger charge is -2.61. The number of rotatable bonds is 11. The van der Waals surface area contributed by atoms with Gasteiger partial charge < -0.3 is 31.2 Å². The summed E-state index contributed by atoms with van der Waals surface area (Å²) in [5.41, 5.74) is 9.30. The highest BCUT2D eigenvalue weighted by Gasteiger charge is 2.71. The van der Waals surface area contributed by atoms with Gasteiger partial charge >= 0.3 is 6.09 Å². The van der Waals surface area contributed by atoms with Crippen molar-refractivity contribution in [3.8, 4) is 11.1 Å². The first-order valence-corrected chi connectivity index (χ1v) is 19.5. The number of amides is 3. The number of hydrogen-bond acceptors (Lipinski definition) is 8. The molecule has 5 N–H and O–H groups in total. The van der Waals surface area contributed by atoms with Crippen LogP contribution in [-0.4, -0.2) is 61.3 Å². The van der Waals surface area contributed by atoms with E-state index in [0.29, 0.717) is 38.3 Å². The molecule has 1 saturated heterocycles. The standard InChI is InChI=1S/C41H54N4O7/c1-38(2,45-37(48)49-24-34-32-10-5-3-8-30(32)31-9-4-6-11-33(31)34)25-44-35(46)20-26-12-14-40(15-13-26)50-41(52-51-40)28-18-27-19-29(41)23-39(21-27,22-28)36(47)43-17-7-16-42/h3-6,8-11,26-29,34H,7,12-25,42H2,1-2H3,(H,43,47)(H,44,46)(H,45,48). The van der Waals surface area contributed by atoms with E-state index in [2.05, 4.69) is 40.2 Å². The van der Waals surface area contributed by atoms with E-state index >= 15 is 0 Å². The summed E-state index contributed by atoms with van der Waals surface area (Å²) in [6.45, 7) is 5.47. The molecular formula is C41H54N4O7. The molecule has 2 spiro atoms. The van der Waals surface area contributed by atoms with Crippen LogP contribution in [-0.2, 0) is 28.8 Å². The zero-order valence-corrected chi connectivity index (χ0v) is 30.5. The molecule has 0 radical (unpaired) electrons. The molecule has 0 aromatic heterocycles. The predicted octanol–water partition coefficient (Wildman–Crippen LogP) is 5.66. The van der Waals surface area contributed by atoms with Crippen LogP contribution in [0.1, 0.15) is 102 Å². The second kappa shape index (κ2) is 13.7. The first-order valence-electron chi connectivity index (χ1n) is 19.5. The van der Waals surface area contributed by atoms with Crippen molar-refractivity contribution in [3.63, 3.8) is 0 Å². The molecule has 1 aliphatic heterocycles. The fourth-order valence-electron chi connectivity index (χ4n) is 10.6. The third kappa shape index (κ3) is 6.52. The molecule has 2 aromatic rings. The van der Waals surface area contributed by atoms with Crippen molar-refractivity contribution in [1.82, 2.24) is 16.0 Å². The van der Waals surface area contributed by atoms with Crippen molar-refractivity contribution >= 4 is 17.9 Å². The quantitative estimate of drug-likeness (QED) is 0.172. The van der Waals surface area contributed by atoms with Crippen LogP contribution in [0.2, 0.25) is 0 Å². The van der Waals surface area contributed by atoms with Crippen molar-refractivity contribution in [1.29, 1.82) is 0 Å². The zero-order valence-electron chi connectivity index (χ0n) is 30.5. The van der Waals surface area contributed by atoms with Gasteiger partial charge in [0.25, 0.3) is 0 Å². The monoisotopic (exact) mass is 714 g/mol. The molecule has 6 fully saturated rings. The maximum atomic E-state index is 13.4.